The van der Waals surface area contributed by atoms with Crippen LogP contribution in [0.2, 0.25) is 0 Å². The minimum Gasteiger partial charge on any atom is -0.258 e. The van der Waals surface area contributed by atoms with Gasteiger partial charge in [-0.25, -0.2) is 0 Å². The Morgan fingerprint density at radius 3 is 2.72 bits per heavy atom. The van der Waals surface area contributed by atoms with Crippen LogP contribution >= 0.6 is 11.8 Å². The molecule has 2 aromatic carbocycles. The fraction of sp³-hybridized carbons (Fsp3) is 0.158. The van der Waals surface area contributed by atoms with Gasteiger partial charge < -0.3 is 0 Å². The summed E-state index contributed by atoms with van der Waals surface area (Å²) >= 11 is 1.55. The van der Waals surface area contributed by atoms with Gasteiger partial charge in [0.15, 0.2) is 0 Å². The molecule has 0 N–H and O–H groups in total. The minimum absolute atomic E-state index is 0.117. The van der Waals surface area contributed by atoms with Crippen LogP contribution in [0, 0.1) is 10.1 Å². The normalized spacial score (nSPS) is 12.3. The van der Waals surface area contributed by atoms with Gasteiger partial charge in [-0.3, -0.25) is 10.1 Å². The van der Waals surface area contributed by atoms with Gasteiger partial charge in [-0.1, -0.05) is 48.2 Å². The average Bonchev–Trinajstić information content (AvgIpc) is 2.66. The van der Waals surface area contributed by atoms with E-state index in [0.29, 0.717) is 5.75 Å². The summed E-state index contributed by atoms with van der Waals surface area (Å²) in [6, 6.07) is 17.1. The summed E-state index contributed by atoms with van der Waals surface area (Å²) in [7, 11) is 0. The largest absolute Gasteiger partial charge is 0.269 e. The fourth-order valence-electron chi connectivity index (χ4n) is 3.05. The monoisotopic (exact) mass is 349 g/mol. The highest BCUT2D eigenvalue weighted by atomic mass is 32.2. The van der Waals surface area contributed by atoms with Gasteiger partial charge in [-0.05, 0) is 35.6 Å². The van der Waals surface area contributed by atoms with Crippen molar-refractivity contribution in [2.75, 3.05) is 0 Å². The Morgan fingerprint density at radius 2 is 1.84 bits per heavy atom. The third-order valence-electron chi connectivity index (χ3n) is 4.29. The Labute approximate surface area is 149 Å². The smallest absolute Gasteiger partial charge is 0.258 e. The molecule has 3 aromatic rings. The van der Waals surface area contributed by atoms with E-state index in [1.54, 1.807) is 23.9 Å². The number of aromatic nitrogens is 2. The second kappa shape index (κ2) is 6.64. The third-order valence-corrected chi connectivity index (χ3v) is 5.27. The summed E-state index contributed by atoms with van der Waals surface area (Å²) in [5.74, 6) is 0.631. The summed E-state index contributed by atoms with van der Waals surface area (Å²) in [4.78, 5) is 10.5. The van der Waals surface area contributed by atoms with Crippen molar-refractivity contribution in [2.24, 2.45) is 0 Å². The highest BCUT2D eigenvalue weighted by Crippen LogP contribution is 2.33. The molecule has 4 rings (SSSR count). The minimum atomic E-state index is -0.371. The van der Waals surface area contributed by atoms with E-state index in [2.05, 4.69) is 34.5 Å². The molecular weight excluding hydrogens is 334 g/mol. The molecule has 0 unspecified atom stereocenters. The Kier molecular flexibility index (Phi) is 4.19. The number of thioether (sulfide) groups is 1. The first-order chi connectivity index (χ1) is 12.2. The first kappa shape index (κ1) is 15.8. The predicted octanol–water partition coefficient (Wildman–Crippen LogP) is 4.44. The number of benzene rings is 2. The molecule has 1 aromatic heterocycles. The number of hydrogen-bond acceptors (Lipinski definition) is 5. The molecule has 0 spiro atoms. The zero-order valence-corrected chi connectivity index (χ0v) is 14.2. The molecule has 0 fully saturated rings. The molecule has 1 aliphatic rings. The Morgan fingerprint density at radius 1 is 1.00 bits per heavy atom. The number of hydrogen-bond donors (Lipinski definition) is 0. The maximum absolute atomic E-state index is 10.9. The molecule has 0 atom stereocenters. The average molecular weight is 349 g/mol. The van der Waals surface area contributed by atoms with Gasteiger partial charge >= 0.3 is 0 Å². The Hall–Kier alpha value is -2.73. The number of aryl methyl sites for hydroxylation is 2. The first-order valence-corrected chi connectivity index (χ1v) is 9.00. The molecule has 0 aliphatic heterocycles. The van der Waals surface area contributed by atoms with Crippen molar-refractivity contribution in [3.63, 3.8) is 0 Å². The van der Waals surface area contributed by atoms with E-state index in [0.717, 1.165) is 29.1 Å². The van der Waals surface area contributed by atoms with Crippen LogP contribution in [0.5, 0.6) is 0 Å². The second-order valence-electron chi connectivity index (χ2n) is 5.93. The molecule has 25 heavy (non-hydrogen) atoms. The maximum atomic E-state index is 10.9. The molecule has 5 nitrogen and oxygen atoms in total. The molecule has 0 saturated carbocycles. The van der Waals surface area contributed by atoms with Gasteiger partial charge in [-0.15, -0.1) is 10.2 Å². The summed E-state index contributed by atoms with van der Waals surface area (Å²) in [6.45, 7) is 0. The molecule has 0 bridgehead atoms. The molecular formula is C19H15N3O2S. The van der Waals surface area contributed by atoms with E-state index in [9.17, 15) is 10.1 Å². The lowest BCUT2D eigenvalue weighted by Crippen LogP contribution is -2.07. The SMILES string of the molecule is O=[N+]([O-])c1cccc(CSc2cc3c(nn2)-c2ccccc2CC3)c1. The van der Waals surface area contributed by atoms with Crippen molar-refractivity contribution in [3.8, 4) is 11.3 Å². The number of fused-ring (bicyclic) bond motifs is 3. The summed E-state index contributed by atoms with van der Waals surface area (Å²) < 4.78 is 0. The van der Waals surface area contributed by atoms with Gasteiger partial charge in [0.05, 0.1) is 10.6 Å². The highest BCUT2D eigenvalue weighted by Gasteiger charge is 2.18. The Bertz CT molecular complexity index is 959. The van der Waals surface area contributed by atoms with Crippen molar-refractivity contribution < 1.29 is 4.92 Å². The lowest BCUT2D eigenvalue weighted by atomic mass is 9.90. The lowest BCUT2D eigenvalue weighted by molar-refractivity contribution is -0.384. The van der Waals surface area contributed by atoms with Crippen molar-refractivity contribution in [3.05, 3.63) is 81.4 Å². The number of nitro groups is 1. The number of non-ortho nitro benzene ring substituents is 1. The molecule has 0 amide bonds. The highest BCUT2D eigenvalue weighted by molar-refractivity contribution is 7.98. The van der Waals surface area contributed by atoms with Crippen LogP contribution in [0.15, 0.2) is 59.6 Å². The van der Waals surface area contributed by atoms with Gasteiger partial charge in [0, 0.05) is 23.4 Å². The van der Waals surface area contributed by atoms with E-state index in [4.69, 9.17) is 0 Å². The molecule has 1 heterocycles. The van der Waals surface area contributed by atoms with Crippen molar-refractivity contribution in [1.82, 2.24) is 10.2 Å². The fourth-order valence-corrected chi connectivity index (χ4v) is 3.87. The van der Waals surface area contributed by atoms with Crippen LogP contribution in [0.4, 0.5) is 5.69 Å². The van der Waals surface area contributed by atoms with E-state index in [-0.39, 0.29) is 10.6 Å². The van der Waals surface area contributed by atoms with Gasteiger partial charge in [0.25, 0.3) is 5.69 Å². The third kappa shape index (κ3) is 3.25. The van der Waals surface area contributed by atoms with Crippen LogP contribution in [-0.2, 0) is 18.6 Å². The van der Waals surface area contributed by atoms with Crippen LogP contribution < -0.4 is 0 Å². The van der Waals surface area contributed by atoms with Crippen LogP contribution in [-0.4, -0.2) is 15.1 Å². The molecule has 0 radical (unpaired) electrons. The lowest BCUT2D eigenvalue weighted by Gasteiger charge is -2.18. The Balaban J connectivity index is 1.54. The number of rotatable bonds is 4. The van der Waals surface area contributed by atoms with E-state index < -0.39 is 0 Å². The first-order valence-electron chi connectivity index (χ1n) is 8.02. The summed E-state index contributed by atoms with van der Waals surface area (Å²) in [6.07, 6.45) is 1.98. The summed E-state index contributed by atoms with van der Waals surface area (Å²) in [5, 5.41) is 20.5. The predicted molar refractivity (Wildman–Crippen MR) is 97.5 cm³/mol. The molecule has 1 aliphatic carbocycles. The number of nitro benzene ring substituents is 1. The topological polar surface area (TPSA) is 68.9 Å². The second-order valence-corrected chi connectivity index (χ2v) is 6.92. The molecule has 124 valence electrons. The zero-order chi connectivity index (χ0) is 17.2. The number of nitrogens with zero attached hydrogens (tertiary/aromatic N) is 3. The zero-order valence-electron chi connectivity index (χ0n) is 13.4. The van der Waals surface area contributed by atoms with Crippen LogP contribution in [0.25, 0.3) is 11.3 Å². The molecule has 6 heteroatoms. The van der Waals surface area contributed by atoms with E-state index in [1.165, 1.54) is 22.8 Å². The quantitative estimate of drug-likeness (QED) is 0.395. The van der Waals surface area contributed by atoms with Gasteiger partial charge in [-0.2, -0.15) is 0 Å². The van der Waals surface area contributed by atoms with Crippen molar-refractivity contribution in [1.29, 1.82) is 0 Å². The van der Waals surface area contributed by atoms with Crippen molar-refractivity contribution >= 4 is 17.4 Å². The van der Waals surface area contributed by atoms with E-state index in [1.807, 2.05) is 12.1 Å². The van der Waals surface area contributed by atoms with Crippen LogP contribution in [0.1, 0.15) is 16.7 Å². The van der Waals surface area contributed by atoms with E-state index >= 15 is 0 Å². The van der Waals surface area contributed by atoms with Gasteiger partial charge in [0.1, 0.15) is 5.03 Å². The van der Waals surface area contributed by atoms with Crippen molar-refractivity contribution in [2.45, 2.75) is 23.6 Å². The summed E-state index contributed by atoms with van der Waals surface area (Å²) in [5.41, 5.74) is 5.71. The standard InChI is InChI=1S/C19H15N3O2S/c23-22(24)16-6-3-4-13(10-16)12-25-18-11-15-9-8-14-5-1-2-7-17(14)19(15)21-20-18/h1-7,10-11H,8-9,12H2. The van der Waals surface area contributed by atoms with Crippen LogP contribution in [0.3, 0.4) is 0 Å². The molecule has 0 saturated heterocycles. The van der Waals surface area contributed by atoms with Gasteiger partial charge in [0.2, 0.25) is 0 Å². The maximum Gasteiger partial charge on any atom is 0.269 e.